The normalized spacial score (nSPS) is 15.9. The second-order valence-electron chi connectivity index (χ2n) is 6.18. The number of morpholine rings is 1. The highest BCUT2D eigenvalue weighted by Gasteiger charge is 2.19. The Bertz CT molecular complexity index is 492. The van der Waals surface area contributed by atoms with Crippen LogP contribution in [0.5, 0.6) is 0 Å². The van der Waals surface area contributed by atoms with Gasteiger partial charge in [0.2, 0.25) is 0 Å². The Balaban J connectivity index is 0.00000312. The molecule has 3 N–H and O–H groups in total. The molecule has 0 aromatic heterocycles. The molecule has 0 amide bonds. The number of rotatable bonds is 9. The molecule has 1 aromatic carbocycles. The molecule has 0 spiro atoms. The molecule has 1 unspecified atom stereocenters. The van der Waals surface area contributed by atoms with Gasteiger partial charge >= 0.3 is 5.97 Å². The summed E-state index contributed by atoms with van der Waals surface area (Å²) in [7, 11) is 0. The maximum atomic E-state index is 12.0. The number of hydrogen-bond donors (Lipinski definition) is 3. The highest BCUT2D eigenvalue weighted by atomic mass is 35.5. The fraction of sp³-hybridized carbons (Fsp3) is 0.611. The third-order valence-corrected chi connectivity index (χ3v) is 4.11. The van der Waals surface area contributed by atoms with Gasteiger partial charge in [0.15, 0.2) is 0 Å². The van der Waals surface area contributed by atoms with Crippen molar-refractivity contribution in [2.45, 2.75) is 25.9 Å². The number of benzene rings is 1. The molecule has 1 aliphatic rings. The zero-order valence-corrected chi connectivity index (χ0v) is 15.6. The average Bonchev–Trinajstić information content (AvgIpc) is 2.61. The molecule has 1 aromatic rings. The van der Waals surface area contributed by atoms with E-state index in [2.05, 4.69) is 12.2 Å². The minimum Gasteiger partial charge on any atom is -1.00 e. The molecule has 2 rings (SSSR count). The largest absolute Gasteiger partial charge is 1.00 e. The van der Waals surface area contributed by atoms with Crippen LogP contribution in [0.15, 0.2) is 24.3 Å². The number of anilines is 1. The third kappa shape index (κ3) is 8.05. The number of halogens is 1. The van der Waals surface area contributed by atoms with Gasteiger partial charge < -0.3 is 37.2 Å². The van der Waals surface area contributed by atoms with E-state index in [1.54, 1.807) is 12.1 Å². The number of hydrogen-bond acceptors (Lipinski definition) is 5. The van der Waals surface area contributed by atoms with Crippen LogP contribution in [0.4, 0.5) is 5.69 Å². The van der Waals surface area contributed by atoms with Crippen LogP contribution < -0.4 is 22.6 Å². The highest BCUT2D eigenvalue weighted by Crippen LogP contribution is 2.11. The number of aliphatic hydroxyl groups excluding tert-OH is 1. The molecule has 142 valence electrons. The minimum atomic E-state index is -0.642. The Kier molecular flexibility index (Phi) is 10.5. The molecule has 1 saturated heterocycles. The molecular weight excluding hydrogens is 344 g/mol. The fourth-order valence-electron chi connectivity index (χ4n) is 2.65. The molecule has 0 radical (unpaired) electrons. The van der Waals surface area contributed by atoms with E-state index in [1.807, 2.05) is 12.1 Å². The predicted octanol–water partition coefficient (Wildman–Crippen LogP) is -2.66. The molecule has 1 aliphatic heterocycles. The van der Waals surface area contributed by atoms with Crippen LogP contribution in [0.1, 0.15) is 30.1 Å². The molecule has 0 aliphatic carbocycles. The minimum absolute atomic E-state index is 0. The van der Waals surface area contributed by atoms with Crippen molar-refractivity contribution < 1.29 is 36.7 Å². The Labute approximate surface area is 155 Å². The lowest BCUT2D eigenvalue weighted by atomic mass is 10.2. The third-order valence-electron chi connectivity index (χ3n) is 4.11. The molecule has 0 bridgehead atoms. The number of carbonyl (C=O) groups is 1. The average molecular weight is 373 g/mol. The Hall–Kier alpha value is -1.34. The lowest BCUT2D eigenvalue weighted by molar-refractivity contribution is -0.911. The number of ether oxygens (including phenoxy) is 2. The summed E-state index contributed by atoms with van der Waals surface area (Å²) in [6, 6.07) is 7.24. The van der Waals surface area contributed by atoms with Crippen molar-refractivity contribution >= 4 is 11.7 Å². The zero-order chi connectivity index (χ0) is 17.2. The Morgan fingerprint density at radius 2 is 2.00 bits per heavy atom. The van der Waals surface area contributed by atoms with Gasteiger partial charge in [0.05, 0.1) is 18.8 Å². The van der Waals surface area contributed by atoms with Crippen molar-refractivity contribution in [3.63, 3.8) is 0 Å². The van der Waals surface area contributed by atoms with Crippen molar-refractivity contribution in [1.29, 1.82) is 0 Å². The highest BCUT2D eigenvalue weighted by molar-refractivity contribution is 5.89. The Morgan fingerprint density at radius 3 is 2.64 bits per heavy atom. The standard InChI is InChI=1S/C18H28N2O4.ClH/c1-2-3-8-19-16-6-4-15(5-7-16)18(22)24-14-17(21)13-20-9-11-23-12-10-20;/h4-7,17,19,21H,2-3,8-14H2,1H3;1H. The van der Waals surface area contributed by atoms with E-state index in [1.165, 1.54) is 4.90 Å². The first-order chi connectivity index (χ1) is 11.7. The molecule has 1 atom stereocenters. The smallest absolute Gasteiger partial charge is 0.338 e. The van der Waals surface area contributed by atoms with Crippen molar-refractivity contribution in [1.82, 2.24) is 0 Å². The van der Waals surface area contributed by atoms with E-state index in [-0.39, 0.29) is 19.0 Å². The van der Waals surface area contributed by atoms with E-state index >= 15 is 0 Å². The summed E-state index contributed by atoms with van der Waals surface area (Å²) in [5.41, 5.74) is 1.50. The topological polar surface area (TPSA) is 72.2 Å². The molecule has 25 heavy (non-hydrogen) atoms. The van der Waals surface area contributed by atoms with Gasteiger partial charge in [-0.15, -0.1) is 0 Å². The molecular formula is C18H29ClN2O4. The number of nitrogens with one attached hydrogen (secondary N) is 2. The number of unbranched alkanes of at least 4 members (excludes halogenated alkanes) is 1. The lowest BCUT2D eigenvalue weighted by Gasteiger charge is -2.25. The molecule has 0 saturated carbocycles. The number of aliphatic hydroxyl groups is 1. The first-order valence-corrected chi connectivity index (χ1v) is 8.79. The SMILES string of the molecule is CCCCNc1ccc(C(=O)OCC(O)C[NH+]2CCOCC2)cc1.[Cl-]. The monoisotopic (exact) mass is 372 g/mol. The van der Waals surface area contributed by atoms with Crippen molar-refractivity contribution in [2.24, 2.45) is 0 Å². The van der Waals surface area contributed by atoms with Crippen LogP contribution in [0.2, 0.25) is 0 Å². The van der Waals surface area contributed by atoms with E-state index in [0.717, 1.165) is 51.4 Å². The number of esters is 1. The summed E-state index contributed by atoms with van der Waals surface area (Å²) < 4.78 is 10.5. The van der Waals surface area contributed by atoms with Crippen molar-refractivity contribution in [2.75, 3.05) is 51.3 Å². The van der Waals surface area contributed by atoms with Crippen LogP contribution in [-0.4, -0.2) is 63.2 Å². The predicted molar refractivity (Wildman–Crippen MR) is 92.5 cm³/mol. The zero-order valence-electron chi connectivity index (χ0n) is 14.8. The fourth-order valence-corrected chi connectivity index (χ4v) is 2.65. The first kappa shape index (κ1) is 21.7. The van der Waals surface area contributed by atoms with Crippen molar-refractivity contribution in [3.8, 4) is 0 Å². The van der Waals surface area contributed by atoms with E-state index in [9.17, 15) is 9.90 Å². The van der Waals surface area contributed by atoms with Gasteiger partial charge in [0.1, 0.15) is 32.3 Å². The second kappa shape index (κ2) is 12.1. The van der Waals surface area contributed by atoms with E-state index in [4.69, 9.17) is 9.47 Å². The van der Waals surface area contributed by atoms with Gasteiger partial charge in [0.25, 0.3) is 0 Å². The van der Waals surface area contributed by atoms with Gasteiger partial charge in [-0.25, -0.2) is 4.79 Å². The van der Waals surface area contributed by atoms with Crippen LogP contribution in [0.3, 0.4) is 0 Å². The molecule has 1 fully saturated rings. The second-order valence-corrected chi connectivity index (χ2v) is 6.18. The summed E-state index contributed by atoms with van der Waals surface area (Å²) >= 11 is 0. The summed E-state index contributed by atoms with van der Waals surface area (Å²) in [5, 5.41) is 13.3. The lowest BCUT2D eigenvalue weighted by Crippen LogP contribution is -3.15. The maximum absolute atomic E-state index is 12.0. The molecule has 1 heterocycles. The summed E-state index contributed by atoms with van der Waals surface area (Å²) in [5.74, 6) is -0.397. The van der Waals surface area contributed by atoms with Gasteiger partial charge in [-0.2, -0.15) is 0 Å². The van der Waals surface area contributed by atoms with Gasteiger partial charge in [-0.05, 0) is 30.7 Å². The summed E-state index contributed by atoms with van der Waals surface area (Å²) in [6.07, 6.45) is 1.62. The van der Waals surface area contributed by atoms with Gasteiger partial charge in [0, 0.05) is 12.2 Å². The molecule has 7 heteroatoms. The van der Waals surface area contributed by atoms with Crippen LogP contribution >= 0.6 is 0 Å². The van der Waals surface area contributed by atoms with Gasteiger partial charge in [-0.3, -0.25) is 0 Å². The number of quaternary nitrogens is 1. The van der Waals surface area contributed by atoms with Crippen LogP contribution in [-0.2, 0) is 9.47 Å². The quantitative estimate of drug-likeness (QED) is 0.326. The first-order valence-electron chi connectivity index (χ1n) is 8.79. The molecule has 6 nitrogen and oxygen atoms in total. The summed E-state index contributed by atoms with van der Waals surface area (Å²) in [4.78, 5) is 13.3. The maximum Gasteiger partial charge on any atom is 0.338 e. The number of carbonyl (C=O) groups excluding carboxylic acids is 1. The van der Waals surface area contributed by atoms with E-state index in [0.29, 0.717) is 12.1 Å². The van der Waals surface area contributed by atoms with Crippen LogP contribution in [0, 0.1) is 0 Å². The van der Waals surface area contributed by atoms with Gasteiger partial charge in [-0.1, -0.05) is 13.3 Å². The summed E-state index contributed by atoms with van der Waals surface area (Å²) in [6.45, 7) is 6.90. The van der Waals surface area contributed by atoms with Crippen molar-refractivity contribution in [3.05, 3.63) is 29.8 Å². The Morgan fingerprint density at radius 1 is 1.32 bits per heavy atom. The van der Waals surface area contributed by atoms with E-state index < -0.39 is 12.1 Å². The van der Waals surface area contributed by atoms with Crippen LogP contribution in [0.25, 0.3) is 0 Å².